The molecule has 0 spiro atoms. The Morgan fingerprint density at radius 3 is 3.17 bits per heavy atom. The Bertz CT molecular complexity index is 575. The topological polar surface area (TPSA) is 141 Å². The van der Waals surface area contributed by atoms with Gasteiger partial charge in [-0.3, -0.25) is 14.5 Å². The van der Waals surface area contributed by atoms with E-state index in [0.717, 1.165) is 0 Å². The summed E-state index contributed by atoms with van der Waals surface area (Å²) in [5.41, 5.74) is 13.3. The smallest absolute Gasteiger partial charge is 0.276 e. The lowest BCUT2D eigenvalue weighted by atomic mass is 10.1. The third-order valence-electron chi connectivity index (χ3n) is 2.73. The van der Waals surface area contributed by atoms with Crippen molar-refractivity contribution in [2.75, 3.05) is 23.7 Å². The second-order valence-electron chi connectivity index (χ2n) is 3.96. The molecule has 1 aromatic rings. The number of azide groups is 1. The molecule has 0 aromatic carbocycles. The number of carbonyl (C=O) groups is 1. The summed E-state index contributed by atoms with van der Waals surface area (Å²) in [5.74, 6) is -0.0981. The molecule has 1 amide bonds. The molecule has 18 heavy (non-hydrogen) atoms. The number of hydrogen-bond donors (Lipinski definition) is 2. The maximum atomic E-state index is 11.8. The fourth-order valence-corrected chi connectivity index (χ4v) is 1.88. The van der Waals surface area contributed by atoms with Crippen molar-refractivity contribution in [1.82, 2.24) is 9.97 Å². The first-order valence-electron chi connectivity index (χ1n) is 5.28. The van der Waals surface area contributed by atoms with E-state index < -0.39 is 5.56 Å². The van der Waals surface area contributed by atoms with Crippen molar-refractivity contribution in [1.29, 1.82) is 0 Å². The van der Waals surface area contributed by atoms with Gasteiger partial charge in [0.15, 0.2) is 5.82 Å². The molecular formula is C9H11N7O2. The third-order valence-corrected chi connectivity index (χ3v) is 2.73. The molecule has 9 nitrogen and oxygen atoms in total. The van der Waals surface area contributed by atoms with Crippen molar-refractivity contribution in [2.45, 2.75) is 6.42 Å². The Kier molecular flexibility index (Phi) is 3.16. The molecule has 2 heterocycles. The number of nitrogen functional groups attached to an aromatic ring is 1. The molecule has 1 saturated heterocycles. The molecule has 1 unspecified atom stereocenters. The zero-order chi connectivity index (χ0) is 13.1. The number of aromatic amines is 1. The maximum Gasteiger partial charge on any atom is 0.276 e. The number of anilines is 2. The van der Waals surface area contributed by atoms with Gasteiger partial charge in [0.1, 0.15) is 5.69 Å². The fraction of sp³-hybridized carbons (Fsp3) is 0.444. The average Bonchev–Trinajstić information content (AvgIpc) is 2.71. The van der Waals surface area contributed by atoms with E-state index in [9.17, 15) is 9.59 Å². The molecule has 3 N–H and O–H groups in total. The number of hydrogen-bond acceptors (Lipinski definition) is 5. The van der Waals surface area contributed by atoms with Crippen LogP contribution in [-0.2, 0) is 4.79 Å². The second kappa shape index (κ2) is 4.76. The predicted octanol–water partition coefficient (Wildman–Crippen LogP) is 0.0153. The van der Waals surface area contributed by atoms with Crippen LogP contribution in [-0.4, -0.2) is 29.0 Å². The molecule has 0 aliphatic carbocycles. The maximum absolute atomic E-state index is 11.8. The van der Waals surface area contributed by atoms with Crippen molar-refractivity contribution < 1.29 is 4.79 Å². The van der Waals surface area contributed by atoms with Crippen LogP contribution >= 0.6 is 0 Å². The predicted molar refractivity (Wildman–Crippen MR) is 63.7 cm³/mol. The van der Waals surface area contributed by atoms with Crippen LogP contribution in [0.4, 0.5) is 11.5 Å². The van der Waals surface area contributed by atoms with E-state index in [1.54, 1.807) is 0 Å². The first-order valence-corrected chi connectivity index (χ1v) is 5.28. The molecular weight excluding hydrogens is 238 g/mol. The molecule has 2 rings (SSSR count). The summed E-state index contributed by atoms with van der Waals surface area (Å²) in [5, 5.41) is 3.44. The van der Waals surface area contributed by atoms with Gasteiger partial charge in [-0.25, -0.2) is 4.98 Å². The van der Waals surface area contributed by atoms with Crippen LogP contribution in [0.15, 0.2) is 16.2 Å². The highest BCUT2D eigenvalue weighted by Gasteiger charge is 2.32. The molecule has 1 aliphatic rings. The van der Waals surface area contributed by atoms with Crippen LogP contribution < -0.4 is 16.2 Å². The monoisotopic (exact) mass is 249 g/mol. The first kappa shape index (κ1) is 11.9. The van der Waals surface area contributed by atoms with E-state index in [4.69, 9.17) is 11.3 Å². The van der Waals surface area contributed by atoms with E-state index in [2.05, 4.69) is 20.0 Å². The number of H-pyrrole nitrogens is 1. The molecule has 1 aliphatic heterocycles. The number of nitrogens with two attached hydrogens (primary N) is 1. The minimum atomic E-state index is -0.480. The normalized spacial score (nSPS) is 18.8. The average molecular weight is 249 g/mol. The van der Waals surface area contributed by atoms with Crippen LogP contribution in [0.5, 0.6) is 0 Å². The zero-order valence-corrected chi connectivity index (χ0v) is 9.41. The highest BCUT2D eigenvalue weighted by molar-refractivity contribution is 5.97. The van der Waals surface area contributed by atoms with E-state index in [0.29, 0.717) is 6.54 Å². The molecule has 1 fully saturated rings. The number of rotatable bonds is 3. The van der Waals surface area contributed by atoms with Crippen molar-refractivity contribution >= 4 is 17.4 Å². The number of aromatic nitrogens is 2. The lowest BCUT2D eigenvalue weighted by Crippen LogP contribution is -2.29. The van der Waals surface area contributed by atoms with Gasteiger partial charge in [0.25, 0.3) is 5.56 Å². The summed E-state index contributed by atoms with van der Waals surface area (Å²) in [7, 11) is 0. The fourth-order valence-electron chi connectivity index (χ4n) is 1.88. The minimum Gasteiger partial charge on any atom is -0.391 e. The number of amides is 1. The van der Waals surface area contributed by atoms with E-state index in [-0.39, 0.29) is 36.3 Å². The molecule has 94 valence electrons. The summed E-state index contributed by atoms with van der Waals surface area (Å²) < 4.78 is 0. The van der Waals surface area contributed by atoms with Gasteiger partial charge in [0.2, 0.25) is 5.91 Å². The second-order valence-corrected chi connectivity index (χ2v) is 3.96. The summed E-state index contributed by atoms with van der Waals surface area (Å²) >= 11 is 0. The van der Waals surface area contributed by atoms with Crippen LogP contribution in [0, 0.1) is 5.92 Å². The lowest BCUT2D eigenvalue weighted by molar-refractivity contribution is -0.117. The first-order chi connectivity index (χ1) is 8.63. The van der Waals surface area contributed by atoms with Gasteiger partial charge in [-0.2, -0.15) is 0 Å². The van der Waals surface area contributed by atoms with Crippen LogP contribution in [0.3, 0.4) is 0 Å². The Hall–Kier alpha value is -2.54. The quantitative estimate of drug-likeness (QED) is 0.442. The summed E-state index contributed by atoms with van der Waals surface area (Å²) in [6, 6.07) is 0. The van der Waals surface area contributed by atoms with Crippen LogP contribution in [0.25, 0.3) is 10.4 Å². The summed E-state index contributed by atoms with van der Waals surface area (Å²) in [4.78, 5) is 33.4. The molecule has 1 aromatic heterocycles. The molecule has 1 atom stereocenters. The Balaban J connectivity index is 2.24. The molecule has 0 saturated carbocycles. The van der Waals surface area contributed by atoms with Crippen molar-refractivity contribution in [3.8, 4) is 0 Å². The minimum absolute atomic E-state index is 0.0751. The van der Waals surface area contributed by atoms with E-state index >= 15 is 0 Å². The molecule has 0 bridgehead atoms. The highest BCUT2D eigenvalue weighted by atomic mass is 16.2. The van der Waals surface area contributed by atoms with Gasteiger partial charge in [-0.1, -0.05) is 5.11 Å². The summed E-state index contributed by atoms with van der Waals surface area (Å²) in [6.07, 6.45) is 1.45. The number of carbonyl (C=O) groups excluding carboxylic acids is 1. The van der Waals surface area contributed by atoms with Gasteiger partial charge in [-0.15, -0.1) is 0 Å². The highest BCUT2D eigenvalue weighted by Crippen LogP contribution is 2.25. The number of nitrogens with one attached hydrogen (secondary N) is 1. The third kappa shape index (κ3) is 2.11. The number of nitrogens with zero attached hydrogens (tertiary/aromatic N) is 5. The Morgan fingerprint density at radius 1 is 1.67 bits per heavy atom. The Labute approximate surface area is 101 Å². The van der Waals surface area contributed by atoms with Crippen LogP contribution in [0.2, 0.25) is 0 Å². The van der Waals surface area contributed by atoms with Gasteiger partial charge < -0.3 is 10.7 Å². The standard InChI is InChI=1S/C9H11N7O2/c10-7-8(12-4-13-9(7)18)16-3-5(1-6(16)17)2-14-15-11/h4-5H,1-3,10H2,(H,12,13,18). The van der Waals surface area contributed by atoms with Crippen molar-refractivity contribution in [3.05, 3.63) is 27.1 Å². The van der Waals surface area contributed by atoms with Gasteiger partial charge in [0, 0.05) is 24.4 Å². The lowest BCUT2D eigenvalue weighted by Gasteiger charge is -2.16. The largest absolute Gasteiger partial charge is 0.391 e. The van der Waals surface area contributed by atoms with Crippen molar-refractivity contribution in [2.24, 2.45) is 11.0 Å². The summed E-state index contributed by atoms with van der Waals surface area (Å²) in [6.45, 7) is 0.584. The van der Waals surface area contributed by atoms with Gasteiger partial charge >= 0.3 is 0 Å². The molecule has 0 radical (unpaired) electrons. The Morgan fingerprint density at radius 2 is 2.44 bits per heavy atom. The van der Waals surface area contributed by atoms with E-state index in [1.165, 1.54) is 11.2 Å². The van der Waals surface area contributed by atoms with Gasteiger partial charge in [0.05, 0.1) is 6.33 Å². The van der Waals surface area contributed by atoms with E-state index in [1.807, 2.05) is 0 Å². The zero-order valence-electron chi connectivity index (χ0n) is 9.41. The van der Waals surface area contributed by atoms with Crippen molar-refractivity contribution in [3.63, 3.8) is 0 Å². The SMILES string of the molecule is [N-]=[N+]=NCC1CC(=O)N(c2nc[nH]c(=O)c2N)C1. The molecule has 9 heteroatoms. The van der Waals surface area contributed by atoms with Gasteiger partial charge in [-0.05, 0) is 11.4 Å². The van der Waals surface area contributed by atoms with Crippen LogP contribution in [0.1, 0.15) is 6.42 Å².